The summed E-state index contributed by atoms with van der Waals surface area (Å²) in [4.78, 5) is 6.91. The van der Waals surface area contributed by atoms with Crippen molar-refractivity contribution in [3.63, 3.8) is 0 Å². The molecule has 1 aliphatic rings. The lowest BCUT2D eigenvalue weighted by Gasteiger charge is -2.33. The van der Waals surface area contributed by atoms with Gasteiger partial charge in [-0.05, 0) is 48.5 Å². The van der Waals surface area contributed by atoms with Gasteiger partial charge in [-0.2, -0.15) is 4.31 Å². The third-order valence-electron chi connectivity index (χ3n) is 4.84. The number of hydrogen-bond acceptors (Lipinski definition) is 6. The number of nitrogens with zero attached hydrogens (tertiary/aromatic N) is 3. The third-order valence-corrected chi connectivity index (χ3v) is 7.65. The number of hydrogen-bond donors (Lipinski definition) is 0. The fraction of sp³-hybridized carbons (Fsp3) is 0.250. The molecular formula is C20H20FN3O3S2. The molecule has 0 atom stereocenters. The van der Waals surface area contributed by atoms with Crippen LogP contribution in [0.25, 0.3) is 11.3 Å². The van der Waals surface area contributed by atoms with E-state index in [2.05, 4.69) is 4.90 Å². The molecule has 0 radical (unpaired) electrons. The van der Waals surface area contributed by atoms with Gasteiger partial charge in [-0.25, -0.2) is 17.8 Å². The number of piperazine rings is 1. The normalized spacial score (nSPS) is 15.4. The van der Waals surface area contributed by atoms with Crippen LogP contribution in [0.2, 0.25) is 0 Å². The Morgan fingerprint density at radius 1 is 1.00 bits per heavy atom. The van der Waals surface area contributed by atoms with Gasteiger partial charge in [-0.1, -0.05) is 0 Å². The van der Waals surface area contributed by atoms with Gasteiger partial charge in [0.25, 0.3) is 0 Å². The number of anilines is 1. The fourth-order valence-electron chi connectivity index (χ4n) is 3.18. The van der Waals surface area contributed by atoms with Gasteiger partial charge in [-0.15, -0.1) is 11.3 Å². The van der Waals surface area contributed by atoms with Crippen molar-refractivity contribution in [1.82, 2.24) is 9.29 Å². The number of sulfonamides is 1. The highest BCUT2D eigenvalue weighted by molar-refractivity contribution is 7.89. The lowest BCUT2D eigenvalue weighted by atomic mass is 10.2. The fourth-order valence-corrected chi connectivity index (χ4v) is 5.49. The zero-order valence-electron chi connectivity index (χ0n) is 15.8. The molecule has 0 N–H and O–H groups in total. The number of ether oxygens (including phenoxy) is 1. The maximum Gasteiger partial charge on any atom is 0.243 e. The molecule has 0 bridgehead atoms. The van der Waals surface area contributed by atoms with Crippen molar-refractivity contribution in [3.05, 3.63) is 59.7 Å². The summed E-state index contributed by atoms with van der Waals surface area (Å²) in [6.45, 7) is 1.82. The first-order valence-electron chi connectivity index (χ1n) is 9.08. The summed E-state index contributed by atoms with van der Waals surface area (Å²) in [6.07, 6.45) is 0. The van der Waals surface area contributed by atoms with Crippen molar-refractivity contribution >= 4 is 26.5 Å². The van der Waals surface area contributed by atoms with E-state index in [9.17, 15) is 12.8 Å². The molecule has 2 heterocycles. The Balaban J connectivity index is 1.43. The van der Waals surface area contributed by atoms with E-state index in [1.807, 2.05) is 29.6 Å². The van der Waals surface area contributed by atoms with Crippen LogP contribution in [0.4, 0.5) is 9.52 Å². The Bertz CT molecular complexity index is 1070. The number of rotatable bonds is 5. The molecule has 4 rings (SSSR count). The predicted octanol–water partition coefficient (Wildman–Crippen LogP) is 3.47. The summed E-state index contributed by atoms with van der Waals surface area (Å²) in [7, 11) is -1.99. The summed E-state index contributed by atoms with van der Waals surface area (Å²) < 4.78 is 45.2. The van der Waals surface area contributed by atoms with Crippen molar-refractivity contribution < 1.29 is 17.5 Å². The maximum absolute atomic E-state index is 13.1. The second-order valence-corrected chi connectivity index (χ2v) is 9.36. The van der Waals surface area contributed by atoms with Crippen molar-refractivity contribution in [2.24, 2.45) is 0 Å². The molecule has 0 amide bonds. The summed E-state index contributed by atoms with van der Waals surface area (Å²) in [5.74, 6) is 0.341. The molecule has 3 aromatic rings. The van der Waals surface area contributed by atoms with Crippen molar-refractivity contribution in [3.8, 4) is 17.0 Å². The number of thiazole rings is 1. The van der Waals surface area contributed by atoms with Crippen molar-refractivity contribution in [2.75, 3.05) is 38.2 Å². The van der Waals surface area contributed by atoms with Crippen LogP contribution in [0.1, 0.15) is 0 Å². The molecular weight excluding hydrogens is 413 g/mol. The summed E-state index contributed by atoms with van der Waals surface area (Å²) in [5, 5.41) is 2.87. The minimum atomic E-state index is -3.62. The van der Waals surface area contributed by atoms with Crippen LogP contribution >= 0.6 is 11.3 Å². The van der Waals surface area contributed by atoms with E-state index < -0.39 is 15.8 Å². The Kier molecular flexibility index (Phi) is 5.53. The van der Waals surface area contributed by atoms with Crippen molar-refractivity contribution in [2.45, 2.75) is 4.90 Å². The molecule has 2 aromatic carbocycles. The number of methoxy groups -OCH3 is 1. The zero-order valence-corrected chi connectivity index (χ0v) is 17.4. The second kappa shape index (κ2) is 8.10. The van der Waals surface area contributed by atoms with E-state index >= 15 is 0 Å². The van der Waals surface area contributed by atoms with Gasteiger partial charge in [0.15, 0.2) is 5.13 Å². The van der Waals surface area contributed by atoms with E-state index in [0.717, 1.165) is 22.1 Å². The average Bonchev–Trinajstić information content (AvgIpc) is 3.24. The quantitative estimate of drug-likeness (QED) is 0.617. The summed E-state index contributed by atoms with van der Waals surface area (Å²) >= 11 is 1.54. The number of benzene rings is 2. The molecule has 1 saturated heterocycles. The van der Waals surface area contributed by atoms with Gasteiger partial charge in [0.2, 0.25) is 10.0 Å². The molecule has 0 spiro atoms. The molecule has 0 aliphatic carbocycles. The topological polar surface area (TPSA) is 62.7 Å². The lowest BCUT2D eigenvalue weighted by Crippen LogP contribution is -2.48. The van der Waals surface area contributed by atoms with Crippen LogP contribution in [-0.4, -0.2) is 51.0 Å². The van der Waals surface area contributed by atoms with Crippen LogP contribution in [0.15, 0.2) is 58.8 Å². The van der Waals surface area contributed by atoms with E-state index in [1.54, 1.807) is 18.4 Å². The van der Waals surface area contributed by atoms with Crippen LogP contribution < -0.4 is 9.64 Å². The molecule has 29 heavy (non-hydrogen) atoms. The van der Waals surface area contributed by atoms with E-state index in [0.29, 0.717) is 26.2 Å². The smallest absolute Gasteiger partial charge is 0.243 e. The van der Waals surface area contributed by atoms with E-state index in [1.165, 1.54) is 28.6 Å². The highest BCUT2D eigenvalue weighted by Crippen LogP contribution is 2.29. The van der Waals surface area contributed by atoms with Gasteiger partial charge in [0.1, 0.15) is 11.6 Å². The van der Waals surface area contributed by atoms with Gasteiger partial charge in [0.05, 0.1) is 17.7 Å². The summed E-state index contributed by atoms with van der Waals surface area (Å²) in [5.41, 5.74) is 1.89. The van der Waals surface area contributed by atoms with Gasteiger partial charge in [-0.3, -0.25) is 0 Å². The maximum atomic E-state index is 13.1. The largest absolute Gasteiger partial charge is 0.497 e. The second-order valence-electron chi connectivity index (χ2n) is 6.59. The first-order valence-corrected chi connectivity index (χ1v) is 11.4. The SMILES string of the molecule is COc1ccc(-c2csc(N3CCN(S(=O)(=O)c4ccc(F)cc4)CC3)n2)cc1. The number of aromatic nitrogens is 1. The van der Waals surface area contributed by atoms with Gasteiger partial charge >= 0.3 is 0 Å². The highest BCUT2D eigenvalue weighted by atomic mass is 32.2. The van der Waals surface area contributed by atoms with Gasteiger partial charge in [0, 0.05) is 37.1 Å². The lowest BCUT2D eigenvalue weighted by molar-refractivity contribution is 0.384. The molecule has 1 aromatic heterocycles. The monoisotopic (exact) mass is 433 g/mol. The molecule has 0 saturated carbocycles. The minimum absolute atomic E-state index is 0.114. The Morgan fingerprint density at radius 2 is 1.66 bits per heavy atom. The molecule has 152 valence electrons. The standard InChI is InChI=1S/C20H20FN3O3S2/c1-27-17-6-2-15(3-7-17)19-14-28-20(22-19)23-10-12-24(13-11-23)29(25,26)18-8-4-16(21)5-9-18/h2-9,14H,10-13H2,1H3. The van der Waals surface area contributed by atoms with Crippen LogP contribution in [-0.2, 0) is 10.0 Å². The molecule has 6 nitrogen and oxygen atoms in total. The number of halogens is 1. The van der Waals surface area contributed by atoms with Crippen molar-refractivity contribution in [1.29, 1.82) is 0 Å². The Hall–Kier alpha value is -2.49. The summed E-state index contributed by atoms with van der Waals surface area (Å²) in [6, 6.07) is 12.7. The first-order chi connectivity index (χ1) is 14.0. The van der Waals surface area contributed by atoms with Crippen LogP contribution in [0.3, 0.4) is 0 Å². The molecule has 0 unspecified atom stereocenters. The minimum Gasteiger partial charge on any atom is -0.497 e. The highest BCUT2D eigenvalue weighted by Gasteiger charge is 2.29. The Morgan fingerprint density at radius 3 is 2.28 bits per heavy atom. The molecule has 9 heteroatoms. The third kappa shape index (κ3) is 4.12. The van der Waals surface area contributed by atoms with E-state index in [4.69, 9.17) is 9.72 Å². The van der Waals surface area contributed by atoms with Crippen LogP contribution in [0.5, 0.6) is 5.75 Å². The average molecular weight is 434 g/mol. The first kappa shape index (κ1) is 19.8. The predicted molar refractivity (Wildman–Crippen MR) is 111 cm³/mol. The molecule has 1 aliphatic heterocycles. The van der Waals surface area contributed by atoms with Gasteiger partial charge < -0.3 is 9.64 Å². The van der Waals surface area contributed by atoms with E-state index in [-0.39, 0.29) is 4.90 Å². The van der Waals surface area contributed by atoms with Crippen LogP contribution in [0, 0.1) is 5.82 Å². The zero-order chi connectivity index (χ0) is 20.4. The Labute approximate surface area is 173 Å². The molecule has 1 fully saturated rings.